The lowest BCUT2D eigenvalue weighted by Gasteiger charge is -2.33. The minimum atomic E-state index is -0.497. The van der Waals surface area contributed by atoms with Gasteiger partial charge in [-0.15, -0.1) is 11.3 Å². The lowest BCUT2D eigenvalue weighted by Crippen LogP contribution is -2.39. The predicted octanol–water partition coefficient (Wildman–Crippen LogP) is 2.60. The monoisotopic (exact) mass is 302 g/mol. The Balaban J connectivity index is 1.77. The second-order valence-electron chi connectivity index (χ2n) is 5.19. The van der Waals surface area contributed by atoms with E-state index in [1.807, 2.05) is 6.07 Å². The summed E-state index contributed by atoms with van der Waals surface area (Å²) in [6.07, 6.45) is 4.89. The van der Waals surface area contributed by atoms with Gasteiger partial charge in [-0.3, -0.25) is 9.59 Å². The third-order valence-electron chi connectivity index (χ3n) is 3.92. The van der Waals surface area contributed by atoms with Crippen molar-refractivity contribution >= 4 is 28.0 Å². The van der Waals surface area contributed by atoms with Crippen LogP contribution in [0.3, 0.4) is 0 Å². The molecule has 0 bridgehead atoms. The van der Waals surface area contributed by atoms with Crippen molar-refractivity contribution in [2.24, 2.45) is 5.92 Å². The van der Waals surface area contributed by atoms with Crippen LogP contribution in [0.2, 0.25) is 0 Å². The molecule has 1 aromatic rings. The van der Waals surface area contributed by atoms with E-state index in [1.165, 1.54) is 17.6 Å². The van der Waals surface area contributed by atoms with Crippen molar-refractivity contribution in [3.8, 4) is 6.07 Å². The molecule has 0 radical (unpaired) electrons. The number of hydrogen-bond donors (Lipinski definition) is 1. The molecule has 6 heteroatoms. The molecule has 1 N–H and O–H groups in total. The van der Waals surface area contributed by atoms with Gasteiger partial charge in [0.05, 0.1) is 17.7 Å². The van der Waals surface area contributed by atoms with Gasteiger partial charge in [0.25, 0.3) is 5.91 Å². The number of ketones is 1. The maximum Gasteiger partial charge on any atom is 0.263 e. The first-order valence-corrected chi connectivity index (χ1v) is 7.77. The Labute approximate surface area is 126 Å². The zero-order valence-corrected chi connectivity index (χ0v) is 12.1. The fourth-order valence-electron chi connectivity index (χ4n) is 2.80. The van der Waals surface area contributed by atoms with E-state index < -0.39 is 5.91 Å². The molecule has 108 valence electrons. The third kappa shape index (κ3) is 2.57. The highest BCUT2D eigenvalue weighted by molar-refractivity contribution is 7.14. The zero-order valence-electron chi connectivity index (χ0n) is 11.3. The smallest absolute Gasteiger partial charge is 0.263 e. The molecule has 3 rings (SSSR count). The first-order valence-electron chi connectivity index (χ1n) is 6.89. The zero-order chi connectivity index (χ0) is 14.8. The Morgan fingerprint density at radius 3 is 3.05 bits per heavy atom. The van der Waals surface area contributed by atoms with Crippen LogP contribution >= 0.6 is 11.3 Å². The fraction of sp³-hybridized carbons (Fsp3) is 0.400. The Morgan fingerprint density at radius 1 is 1.43 bits per heavy atom. The lowest BCUT2D eigenvalue weighted by atomic mass is 9.80. The molecule has 0 saturated heterocycles. The molecule has 21 heavy (non-hydrogen) atoms. The molecule has 1 aliphatic carbocycles. The summed E-state index contributed by atoms with van der Waals surface area (Å²) in [7, 11) is 0. The highest BCUT2D eigenvalue weighted by Gasteiger charge is 2.39. The molecule has 1 amide bonds. The van der Waals surface area contributed by atoms with Crippen LogP contribution in [-0.4, -0.2) is 17.8 Å². The molecule has 2 atom stereocenters. The van der Waals surface area contributed by atoms with Crippen molar-refractivity contribution in [2.45, 2.75) is 31.8 Å². The first-order chi connectivity index (χ1) is 10.2. The molecule has 0 spiro atoms. The summed E-state index contributed by atoms with van der Waals surface area (Å²) in [5, 5.41) is 13.7. The lowest BCUT2D eigenvalue weighted by molar-refractivity contribution is -0.129. The van der Waals surface area contributed by atoms with E-state index in [4.69, 9.17) is 10.00 Å². The molecule has 1 aromatic heterocycles. The Kier molecular flexibility index (Phi) is 3.76. The standard InChI is InChI=1S/C15H14N2O3S/c16-7-9-5-6-21-15(9)17-14(19)11-8-20-12-4-2-1-3-10(12)13(11)18/h5-6,8,10,12H,1-4H2,(H,17,19). The predicted molar refractivity (Wildman–Crippen MR) is 77.6 cm³/mol. The number of nitrogens with zero attached hydrogens (tertiary/aromatic N) is 1. The van der Waals surface area contributed by atoms with Gasteiger partial charge in [-0.2, -0.15) is 5.26 Å². The van der Waals surface area contributed by atoms with Crippen molar-refractivity contribution in [3.63, 3.8) is 0 Å². The van der Waals surface area contributed by atoms with E-state index in [9.17, 15) is 9.59 Å². The van der Waals surface area contributed by atoms with Crippen LogP contribution in [0, 0.1) is 17.2 Å². The molecule has 2 aliphatic rings. The minimum absolute atomic E-state index is 0.0513. The summed E-state index contributed by atoms with van der Waals surface area (Å²) in [5.41, 5.74) is 0.448. The Bertz CT molecular complexity index is 656. The van der Waals surface area contributed by atoms with Crippen LogP contribution in [0.5, 0.6) is 0 Å². The summed E-state index contributed by atoms with van der Waals surface area (Å²) < 4.78 is 5.56. The highest BCUT2D eigenvalue weighted by Crippen LogP contribution is 2.33. The number of nitrogens with one attached hydrogen (secondary N) is 1. The fourth-order valence-corrected chi connectivity index (χ4v) is 3.54. The summed E-state index contributed by atoms with van der Waals surface area (Å²) >= 11 is 1.26. The number of rotatable bonds is 2. The van der Waals surface area contributed by atoms with Crippen LogP contribution in [0.1, 0.15) is 31.2 Å². The van der Waals surface area contributed by atoms with E-state index in [2.05, 4.69) is 5.32 Å². The number of ether oxygens (including phenoxy) is 1. The van der Waals surface area contributed by atoms with E-state index in [0.29, 0.717) is 10.6 Å². The van der Waals surface area contributed by atoms with Crippen LogP contribution in [0.4, 0.5) is 5.00 Å². The number of fused-ring (bicyclic) bond motifs is 1. The number of hydrogen-bond acceptors (Lipinski definition) is 5. The van der Waals surface area contributed by atoms with Gasteiger partial charge in [0.2, 0.25) is 0 Å². The number of Topliss-reactive ketones (excluding diaryl/α,β-unsaturated/α-hetero) is 1. The molecule has 2 unspecified atom stereocenters. The molecule has 0 aromatic carbocycles. The number of anilines is 1. The molecule has 1 fully saturated rings. The summed E-state index contributed by atoms with van der Waals surface area (Å²) in [6.45, 7) is 0. The van der Waals surface area contributed by atoms with E-state index in [-0.39, 0.29) is 23.4 Å². The van der Waals surface area contributed by atoms with Crippen molar-refractivity contribution in [1.82, 2.24) is 0 Å². The first kappa shape index (κ1) is 13.8. The molecule has 2 heterocycles. The highest BCUT2D eigenvalue weighted by atomic mass is 32.1. The van der Waals surface area contributed by atoms with E-state index in [1.54, 1.807) is 11.4 Å². The van der Waals surface area contributed by atoms with Crippen LogP contribution in [0.15, 0.2) is 23.3 Å². The number of carbonyl (C=O) groups excluding carboxylic acids is 2. The molecule has 5 nitrogen and oxygen atoms in total. The van der Waals surface area contributed by atoms with E-state index in [0.717, 1.165) is 25.7 Å². The number of carbonyl (C=O) groups is 2. The molecule has 1 saturated carbocycles. The van der Waals surface area contributed by atoms with Crippen molar-refractivity contribution in [1.29, 1.82) is 5.26 Å². The second kappa shape index (κ2) is 5.70. The summed E-state index contributed by atoms with van der Waals surface area (Å²) in [4.78, 5) is 24.6. The number of thiophene rings is 1. The number of amides is 1. The maximum absolute atomic E-state index is 12.4. The van der Waals surface area contributed by atoms with Crippen molar-refractivity contribution < 1.29 is 14.3 Å². The topological polar surface area (TPSA) is 79.2 Å². The average molecular weight is 302 g/mol. The van der Waals surface area contributed by atoms with Gasteiger partial charge in [-0.1, -0.05) is 6.42 Å². The van der Waals surface area contributed by atoms with Gasteiger partial charge in [0.1, 0.15) is 22.7 Å². The van der Waals surface area contributed by atoms with Crippen molar-refractivity contribution in [2.75, 3.05) is 5.32 Å². The SMILES string of the molecule is N#Cc1ccsc1NC(=O)C1=COC2CCCCC2C1=O. The summed E-state index contributed by atoms with van der Waals surface area (Å²) in [6, 6.07) is 3.63. The minimum Gasteiger partial charge on any atom is -0.496 e. The quantitative estimate of drug-likeness (QED) is 0.852. The maximum atomic E-state index is 12.4. The van der Waals surface area contributed by atoms with Crippen LogP contribution < -0.4 is 5.32 Å². The van der Waals surface area contributed by atoms with Crippen molar-refractivity contribution in [3.05, 3.63) is 28.8 Å². The van der Waals surface area contributed by atoms with Crippen LogP contribution in [-0.2, 0) is 14.3 Å². The summed E-state index contributed by atoms with van der Waals surface area (Å²) in [5.74, 6) is -0.843. The largest absolute Gasteiger partial charge is 0.496 e. The van der Waals surface area contributed by atoms with Crippen LogP contribution in [0.25, 0.3) is 0 Å². The van der Waals surface area contributed by atoms with Gasteiger partial charge < -0.3 is 10.1 Å². The Hall–Kier alpha value is -2.13. The van der Waals surface area contributed by atoms with Gasteiger partial charge >= 0.3 is 0 Å². The third-order valence-corrected chi connectivity index (χ3v) is 4.75. The molecular weight excluding hydrogens is 288 g/mol. The normalized spacial score (nSPS) is 24.3. The Morgan fingerprint density at radius 2 is 2.24 bits per heavy atom. The van der Waals surface area contributed by atoms with Gasteiger partial charge in [0.15, 0.2) is 5.78 Å². The van der Waals surface area contributed by atoms with Gasteiger partial charge in [-0.25, -0.2) is 0 Å². The van der Waals surface area contributed by atoms with Gasteiger partial charge in [0, 0.05) is 0 Å². The second-order valence-corrected chi connectivity index (χ2v) is 6.11. The molecular formula is C15H14N2O3S. The van der Waals surface area contributed by atoms with E-state index >= 15 is 0 Å². The number of nitriles is 1. The average Bonchev–Trinajstić information content (AvgIpc) is 2.95. The van der Waals surface area contributed by atoms with Gasteiger partial charge in [-0.05, 0) is 30.7 Å². The molecule has 1 aliphatic heterocycles.